The van der Waals surface area contributed by atoms with Crippen molar-refractivity contribution in [3.05, 3.63) is 58.7 Å². The van der Waals surface area contributed by atoms with Crippen LogP contribution in [0.4, 0.5) is 35.9 Å². The van der Waals surface area contributed by atoms with Crippen molar-refractivity contribution >= 4 is 24.1 Å². The highest BCUT2D eigenvalue weighted by atomic mass is 19.4. The van der Waals surface area contributed by atoms with Gasteiger partial charge in [-0.25, -0.2) is 9.59 Å². The van der Waals surface area contributed by atoms with Crippen molar-refractivity contribution in [2.75, 3.05) is 73.2 Å². The Labute approximate surface area is 398 Å². The third-order valence-electron chi connectivity index (χ3n) is 10.4. The number of phenolic OH excluding ortho intramolecular Hbond substituents is 1. The van der Waals surface area contributed by atoms with Crippen molar-refractivity contribution in [2.24, 2.45) is 10.8 Å². The van der Waals surface area contributed by atoms with Crippen LogP contribution in [0.25, 0.3) is 0 Å². The van der Waals surface area contributed by atoms with E-state index in [1.807, 2.05) is 30.6 Å². The second-order valence-corrected chi connectivity index (χ2v) is 19.6. The fraction of sp³-hybridized carbons (Fsp3) is 0.667. The maximum absolute atomic E-state index is 13.5. The number of nitrogens with zero attached hydrogens (tertiary/aromatic N) is 4. The summed E-state index contributed by atoms with van der Waals surface area (Å²) in [6.07, 6.45) is -9.00. The highest BCUT2D eigenvalue weighted by Crippen LogP contribution is 2.35. The van der Waals surface area contributed by atoms with Gasteiger partial charge in [0.15, 0.2) is 0 Å². The molecule has 2 aliphatic rings. The van der Waals surface area contributed by atoms with E-state index in [9.17, 15) is 50.6 Å². The Morgan fingerprint density at radius 2 is 0.926 bits per heavy atom. The van der Waals surface area contributed by atoms with Crippen molar-refractivity contribution < 1.29 is 74.3 Å². The molecule has 2 aromatic rings. The van der Waals surface area contributed by atoms with Gasteiger partial charge in [-0.2, -0.15) is 26.3 Å². The number of ether oxygens (including phenoxy) is 5. The third-order valence-corrected chi connectivity index (χ3v) is 10.4. The number of phenols is 1. The number of carbonyl (C=O) groups excluding carboxylic acids is 4. The molecule has 2 fully saturated rings. The molecule has 2 aromatic carbocycles. The number of esters is 2. The molecule has 0 bridgehead atoms. The van der Waals surface area contributed by atoms with E-state index >= 15 is 0 Å². The number of amides is 2. The van der Waals surface area contributed by atoms with Gasteiger partial charge in [0.05, 0.1) is 36.2 Å². The lowest BCUT2D eigenvalue weighted by Crippen LogP contribution is -2.49. The molecule has 14 nitrogen and oxygen atoms in total. The Morgan fingerprint density at radius 3 is 1.26 bits per heavy atom. The summed E-state index contributed by atoms with van der Waals surface area (Å²) < 4.78 is 104. The zero-order chi connectivity index (χ0) is 51.3. The van der Waals surface area contributed by atoms with Gasteiger partial charge in [0.2, 0.25) is 0 Å². The summed E-state index contributed by atoms with van der Waals surface area (Å²) in [5.41, 5.74) is -3.35. The normalized spacial score (nSPS) is 15.3. The quantitative estimate of drug-likeness (QED) is 0.137. The van der Waals surface area contributed by atoms with Crippen LogP contribution in [0.5, 0.6) is 11.5 Å². The van der Waals surface area contributed by atoms with Crippen molar-refractivity contribution in [3.8, 4) is 11.5 Å². The van der Waals surface area contributed by atoms with E-state index in [2.05, 4.69) is 4.74 Å². The summed E-state index contributed by atoms with van der Waals surface area (Å²) >= 11 is 0. The van der Waals surface area contributed by atoms with Gasteiger partial charge in [-0.1, -0.05) is 14.4 Å². The Balaban J connectivity index is 0.000000582. The van der Waals surface area contributed by atoms with Gasteiger partial charge < -0.3 is 38.6 Å². The van der Waals surface area contributed by atoms with Crippen LogP contribution in [-0.4, -0.2) is 133 Å². The number of benzene rings is 2. The zero-order valence-electron chi connectivity index (χ0n) is 41.1. The summed E-state index contributed by atoms with van der Waals surface area (Å²) in [4.78, 5) is 54.0. The van der Waals surface area contributed by atoms with Gasteiger partial charge in [0, 0.05) is 65.4 Å². The van der Waals surface area contributed by atoms with E-state index in [4.69, 9.17) is 18.9 Å². The lowest BCUT2D eigenvalue weighted by atomic mass is 9.91. The second kappa shape index (κ2) is 25.0. The van der Waals surface area contributed by atoms with Gasteiger partial charge in [-0.15, -0.1) is 0 Å². The second-order valence-electron chi connectivity index (χ2n) is 19.6. The molecule has 2 aliphatic heterocycles. The van der Waals surface area contributed by atoms with Crippen LogP contribution in [-0.2, 0) is 54.0 Å². The van der Waals surface area contributed by atoms with E-state index in [1.165, 1.54) is 20.3 Å². The van der Waals surface area contributed by atoms with Gasteiger partial charge >= 0.3 is 36.5 Å². The van der Waals surface area contributed by atoms with E-state index in [1.54, 1.807) is 71.3 Å². The topological polar surface area (TPSA) is 148 Å². The van der Waals surface area contributed by atoms with Crippen molar-refractivity contribution in [1.82, 2.24) is 19.6 Å². The molecule has 2 saturated heterocycles. The number of aromatic hydroxyl groups is 1. The summed E-state index contributed by atoms with van der Waals surface area (Å²) in [5.74, 6) is -1.02. The first kappa shape index (κ1) is 61.0. The van der Waals surface area contributed by atoms with Gasteiger partial charge in [0.1, 0.15) is 29.3 Å². The molecular weight excluding hydrogens is 907 g/mol. The van der Waals surface area contributed by atoms with Gasteiger partial charge in [-0.3, -0.25) is 19.4 Å². The maximum Gasteiger partial charge on any atom is 0.416 e. The van der Waals surface area contributed by atoms with Crippen molar-refractivity contribution in [2.45, 2.75) is 127 Å². The lowest BCUT2D eigenvalue weighted by molar-refractivity contribution is -0.152. The lowest BCUT2D eigenvalue weighted by Gasteiger charge is -2.35. The number of methoxy groups -OCH3 is 2. The van der Waals surface area contributed by atoms with Crippen LogP contribution >= 0.6 is 0 Å². The van der Waals surface area contributed by atoms with Gasteiger partial charge in [-0.05, 0) is 123 Å². The van der Waals surface area contributed by atoms with E-state index in [-0.39, 0.29) is 50.4 Å². The molecule has 388 valence electrons. The van der Waals surface area contributed by atoms with Crippen molar-refractivity contribution in [1.29, 1.82) is 0 Å². The third kappa shape index (κ3) is 21.1. The molecule has 0 radical (unpaired) electrons. The highest BCUT2D eigenvalue weighted by molar-refractivity contribution is 5.76. The minimum Gasteiger partial charge on any atom is -0.508 e. The molecule has 0 aliphatic carbocycles. The number of hydrogen-bond acceptors (Lipinski definition) is 12. The average molecular weight is 981 g/mol. The smallest absolute Gasteiger partial charge is 0.416 e. The van der Waals surface area contributed by atoms with Crippen LogP contribution in [0.15, 0.2) is 36.4 Å². The molecule has 2 heterocycles. The molecular formula is C48H74F6N4O10. The van der Waals surface area contributed by atoms with E-state index in [0.717, 1.165) is 24.6 Å². The minimum atomic E-state index is -4.54. The molecule has 68 heavy (non-hydrogen) atoms. The van der Waals surface area contributed by atoms with Crippen LogP contribution in [0.1, 0.15) is 112 Å². The predicted molar refractivity (Wildman–Crippen MR) is 245 cm³/mol. The highest BCUT2D eigenvalue weighted by Gasteiger charge is 2.35. The maximum atomic E-state index is 13.5. The Hall–Kier alpha value is -4.98. The van der Waals surface area contributed by atoms with E-state index in [0.29, 0.717) is 69.6 Å². The summed E-state index contributed by atoms with van der Waals surface area (Å²) in [6, 6.07) is 6.65. The van der Waals surface area contributed by atoms with Crippen LogP contribution < -0.4 is 4.74 Å². The van der Waals surface area contributed by atoms with E-state index < -0.39 is 57.9 Å². The molecule has 1 N–H and O–H groups in total. The number of hydrogen-bond donors (Lipinski definition) is 1. The fourth-order valence-corrected chi connectivity index (χ4v) is 6.29. The number of alkyl halides is 6. The molecule has 4 rings (SSSR count). The first-order chi connectivity index (χ1) is 30.6. The molecule has 0 saturated carbocycles. The predicted octanol–water partition coefficient (Wildman–Crippen LogP) is 10.0. The average Bonchev–Trinajstić information content (AvgIpc) is 3.21. The SMILES string of the molecule is C.CC(C)(C)OC(=O)N1CCN(Cc2cc(O)cc(C(F)(F)F)c2)CC1.CCC(C)(C)C(=O)OC.COC(=O)C(C)(C)COc1cc(CN2CCN(C(=O)OC(C)(C)C)CC2)cc(C(F)(F)F)c1. The molecule has 2 amide bonds. The molecule has 20 heteroatoms. The Bertz CT molecular complexity index is 1950. The molecule has 0 spiro atoms. The number of rotatable bonds is 10. The summed E-state index contributed by atoms with van der Waals surface area (Å²) in [7, 11) is 2.66. The standard InChI is InChI=1S/C23H33F3N2O5.C17H23F3N2O3.C7H14O2.CH4/c1-21(2,3)33-20(30)28-9-7-27(8-10-28)14-16-11-17(23(24,25)26)13-18(12-16)32-15-22(4,5)19(29)31-6;1-16(2,3)25-15(24)22-6-4-21(5-7-22)11-12-8-13(17(18,19)20)10-14(23)9-12;1-5-7(2,3)6(8)9-4;/h11-13H,7-10,14-15H2,1-6H3;8-10,23H,4-7,11H2,1-3H3;5H2,1-4H3;1H4. The fourth-order valence-electron chi connectivity index (χ4n) is 6.29. The first-order valence-corrected chi connectivity index (χ1v) is 21.9. The Morgan fingerprint density at radius 1 is 0.559 bits per heavy atom. The Kier molecular flexibility index (Phi) is 22.5. The van der Waals surface area contributed by atoms with Crippen LogP contribution in [0, 0.1) is 10.8 Å². The largest absolute Gasteiger partial charge is 0.508 e. The molecule has 0 aromatic heterocycles. The molecule has 0 unspecified atom stereocenters. The summed E-state index contributed by atoms with van der Waals surface area (Å²) in [6.45, 7) is 23.9. The molecule has 0 atom stereocenters. The summed E-state index contributed by atoms with van der Waals surface area (Å²) in [5, 5.41) is 9.52. The van der Waals surface area contributed by atoms with Crippen molar-refractivity contribution in [3.63, 3.8) is 0 Å². The number of piperazine rings is 2. The number of carbonyl (C=O) groups is 4. The van der Waals surface area contributed by atoms with Gasteiger partial charge in [0.25, 0.3) is 0 Å². The van der Waals surface area contributed by atoms with Crippen LogP contribution in [0.2, 0.25) is 0 Å². The first-order valence-electron chi connectivity index (χ1n) is 21.9. The van der Waals surface area contributed by atoms with Crippen LogP contribution in [0.3, 0.4) is 0 Å². The zero-order valence-corrected chi connectivity index (χ0v) is 41.1. The minimum absolute atomic E-state index is 0. The monoisotopic (exact) mass is 981 g/mol. The number of halogens is 6.